The summed E-state index contributed by atoms with van der Waals surface area (Å²) in [6.45, 7) is 6.47. The van der Waals surface area contributed by atoms with Crippen LogP contribution >= 0.6 is 0 Å². The first-order valence-corrected chi connectivity index (χ1v) is 5.45. The predicted octanol–water partition coefficient (Wildman–Crippen LogP) is 2.69. The minimum absolute atomic E-state index is 0.0637. The molecule has 1 N–H and O–H groups in total. The zero-order valence-corrected chi connectivity index (χ0v) is 9.50. The second kappa shape index (κ2) is 3.37. The van der Waals surface area contributed by atoms with Gasteiger partial charge in [-0.1, -0.05) is 32.0 Å². The highest BCUT2D eigenvalue weighted by Gasteiger charge is 2.38. The molecule has 2 nitrogen and oxygen atoms in total. The van der Waals surface area contributed by atoms with Crippen molar-refractivity contribution in [2.45, 2.75) is 32.7 Å². The number of amides is 1. The molecule has 1 heterocycles. The summed E-state index contributed by atoms with van der Waals surface area (Å²) in [5.41, 5.74) is 1.80. The lowest BCUT2D eigenvalue weighted by Crippen LogP contribution is -2.37. The molecule has 2 heteroatoms. The molecule has 0 fully saturated rings. The summed E-state index contributed by atoms with van der Waals surface area (Å²) in [5, 5.41) is 3.09. The molecule has 1 amide bonds. The van der Waals surface area contributed by atoms with Crippen LogP contribution in [0.25, 0.3) is 0 Å². The molecule has 1 aromatic carbocycles. The van der Waals surface area contributed by atoms with E-state index < -0.39 is 0 Å². The van der Waals surface area contributed by atoms with E-state index in [9.17, 15) is 4.79 Å². The highest BCUT2D eigenvalue weighted by molar-refractivity contribution is 5.99. The van der Waals surface area contributed by atoms with Crippen molar-refractivity contribution in [1.29, 1.82) is 0 Å². The Kier molecular flexibility index (Phi) is 2.29. The third kappa shape index (κ3) is 1.65. The molecule has 0 aliphatic carbocycles. The molecule has 0 radical (unpaired) electrons. The number of hydrogen-bond donors (Lipinski definition) is 1. The molecule has 1 aliphatic heterocycles. The molecule has 1 atom stereocenters. The van der Waals surface area contributed by atoms with Gasteiger partial charge in [-0.05, 0) is 30.9 Å². The van der Waals surface area contributed by atoms with Gasteiger partial charge in [0.25, 0.3) is 5.91 Å². The van der Waals surface area contributed by atoms with E-state index in [1.165, 1.54) is 0 Å². The first kappa shape index (κ1) is 10.2. The second-order valence-electron chi connectivity index (χ2n) is 4.93. The number of benzene rings is 1. The van der Waals surface area contributed by atoms with Gasteiger partial charge in [0.2, 0.25) is 0 Å². The third-order valence-electron chi connectivity index (χ3n) is 2.97. The van der Waals surface area contributed by atoms with E-state index in [1.807, 2.05) is 18.2 Å². The van der Waals surface area contributed by atoms with E-state index in [-0.39, 0.29) is 11.4 Å². The van der Waals surface area contributed by atoms with Gasteiger partial charge in [-0.2, -0.15) is 0 Å². The summed E-state index contributed by atoms with van der Waals surface area (Å²) in [4.78, 5) is 11.8. The lowest BCUT2D eigenvalue weighted by molar-refractivity contribution is 0.0927. The van der Waals surface area contributed by atoms with Crippen LogP contribution in [-0.2, 0) is 5.54 Å². The highest BCUT2D eigenvalue weighted by Crippen LogP contribution is 2.35. The Morgan fingerprint density at radius 3 is 2.67 bits per heavy atom. The fraction of sp³-hybridized carbons (Fsp3) is 0.462. The SMILES string of the molecule is CC(C)CC1(C)NC(=O)c2ccccc21. The van der Waals surface area contributed by atoms with Crippen molar-refractivity contribution in [3.05, 3.63) is 35.4 Å². The van der Waals surface area contributed by atoms with Crippen molar-refractivity contribution >= 4 is 5.91 Å². The van der Waals surface area contributed by atoms with Gasteiger partial charge >= 0.3 is 0 Å². The topological polar surface area (TPSA) is 29.1 Å². The maximum absolute atomic E-state index is 11.8. The average molecular weight is 203 g/mol. The van der Waals surface area contributed by atoms with Crippen molar-refractivity contribution in [2.75, 3.05) is 0 Å². The summed E-state index contributed by atoms with van der Waals surface area (Å²) in [6.07, 6.45) is 0.982. The summed E-state index contributed by atoms with van der Waals surface area (Å²) in [7, 11) is 0. The Labute approximate surface area is 90.7 Å². The van der Waals surface area contributed by atoms with Crippen LogP contribution in [0.3, 0.4) is 0 Å². The number of carbonyl (C=O) groups excluding carboxylic acids is 1. The van der Waals surface area contributed by atoms with E-state index in [0.717, 1.165) is 17.5 Å². The van der Waals surface area contributed by atoms with Crippen LogP contribution < -0.4 is 5.32 Å². The van der Waals surface area contributed by atoms with Crippen LogP contribution in [0.2, 0.25) is 0 Å². The fourth-order valence-electron chi connectivity index (χ4n) is 2.53. The highest BCUT2D eigenvalue weighted by atomic mass is 16.2. The van der Waals surface area contributed by atoms with E-state index >= 15 is 0 Å². The van der Waals surface area contributed by atoms with Gasteiger partial charge in [0.05, 0.1) is 5.54 Å². The van der Waals surface area contributed by atoms with Crippen LogP contribution in [0.5, 0.6) is 0 Å². The standard InChI is InChI=1S/C13H17NO/c1-9(2)8-13(3)11-7-5-4-6-10(11)12(15)14-13/h4-7,9H,8H2,1-3H3,(H,14,15). The lowest BCUT2D eigenvalue weighted by atomic mass is 9.85. The number of fused-ring (bicyclic) bond motifs is 1. The summed E-state index contributed by atoms with van der Waals surface area (Å²) in [5.74, 6) is 0.634. The molecular weight excluding hydrogens is 186 g/mol. The zero-order chi connectivity index (χ0) is 11.1. The molecule has 0 bridgehead atoms. The molecule has 2 rings (SSSR count). The second-order valence-corrected chi connectivity index (χ2v) is 4.93. The molecule has 1 aromatic rings. The number of hydrogen-bond acceptors (Lipinski definition) is 1. The molecule has 1 aliphatic rings. The van der Waals surface area contributed by atoms with Crippen LogP contribution in [-0.4, -0.2) is 5.91 Å². The largest absolute Gasteiger partial charge is 0.343 e. The number of nitrogens with one attached hydrogen (secondary N) is 1. The maximum Gasteiger partial charge on any atom is 0.252 e. The van der Waals surface area contributed by atoms with Gasteiger partial charge in [0.15, 0.2) is 0 Å². The van der Waals surface area contributed by atoms with E-state index in [1.54, 1.807) is 0 Å². The Hall–Kier alpha value is -1.31. The molecule has 1 unspecified atom stereocenters. The van der Waals surface area contributed by atoms with E-state index in [2.05, 4.69) is 32.2 Å². The lowest BCUT2D eigenvalue weighted by Gasteiger charge is -2.27. The van der Waals surface area contributed by atoms with Crippen molar-refractivity contribution < 1.29 is 4.79 Å². The van der Waals surface area contributed by atoms with Crippen molar-refractivity contribution in [1.82, 2.24) is 5.32 Å². The smallest absolute Gasteiger partial charge is 0.252 e. The first-order valence-electron chi connectivity index (χ1n) is 5.45. The molecule has 0 spiro atoms. The van der Waals surface area contributed by atoms with Crippen molar-refractivity contribution in [3.63, 3.8) is 0 Å². The Bertz CT molecular complexity index is 397. The average Bonchev–Trinajstić information content (AvgIpc) is 2.39. The van der Waals surface area contributed by atoms with E-state index in [0.29, 0.717) is 5.92 Å². The third-order valence-corrected chi connectivity index (χ3v) is 2.97. The quantitative estimate of drug-likeness (QED) is 0.786. The number of carbonyl (C=O) groups is 1. The Balaban J connectivity index is 2.43. The minimum atomic E-state index is -0.179. The minimum Gasteiger partial charge on any atom is -0.343 e. The summed E-state index contributed by atoms with van der Waals surface area (Å²) >= 11 is 0. The molecule has 0 aromatic heterocycles. The Morgan fingerprint density at radius 2 is 2.00 bits per heavy atom. The van der Waals surface area contributed by atoms with E-state index in [4.69, 9.17) is 0 Å². The van der Waals surface area contributed by atoms with Gasteiger partial charge in [0, 0.05) is 5.56 Å². The summed E-state index contributed by atoms with van der Waals surface area (Å²) < 4.78 is 0. The summed E-state index contributed by atoms with van der Waals surface area (Å²) in [6, 6.07) is 7.86. The van der Waals surface area contributed by atoms with Crippen molar-refractivity contribution in [3.8, 4) is 0 Å². The molecule has 0 saturated carbocycles. The van der Waals surface area contributed by atoms with Gasteiger partial charge in [-0.25, -0.2) is 0 Å². The van der Waals surface area contributed by atoms with Crippen LogP contribution in [0.1, 0.15) is 43.1 Å². The first-order chi connectivity index (χ1) is 7.03. The zero-order valence-electron chi connectivity index (χ0n) is 9.50. The van der Waals surface area contributed by atoms with Gasteiger partial charge in [-0.3, -0.25) is 4.79 Å². The number of rotatable bonds is 2. The molecular formula is C13H17NO. The monoisotopic (exact) mass is 203 g/mol. The normalized spacial score (nSPS) is 24.1. The molecule has 0 saturated heterocycles. The van der Waals surface area contributed by atoms with Gasteiger partial charge < -0.3 is 5.32 Å². The molecule has 15 heavy (non-hydrogen) atoms. The van der Waals surface area contributed by atoms with Gasteiger partial charge in [0.1, 0.15) is 0 Å². The van der Waals surface area contributed by atoms with Gasteiger partial charge in [-0.15, -0.1) is 0 Å². The Morgan fingerprint density at radius 1 is 1.33 bits per heavy atom. The fourth-order valence-corrected chi connectivity index (χ4v) is 2.53. The van der Waals surface area contributed by atoms with Crippen LogP contribution in [0, 0.1) is 5.92 Å². The molecule has 80 valence electrons. The van der Waals surface area contributed by atoms with Crippen LogP contribution in [0.15, 0.2) is 24.3 Å². The van der Waals surface area contributed by atoms with Crippen molar-refractivity contribution in [2.24, 2.45) is 5.92 Å². The maximum atomic E-state index is 11.8. The van der Waals surface area contributed by atoms with Crippen LogP contribution in [0.4, 0.5) is 0 Å². The predicted molar refractivity (Wildman–Crippen MR) is 60.7 cm³/mol.